The van der Waals surface area contributed by atoms with Crippen molar-refractivity contribution < 1.29 is 80.2 Å². The quantitative estimate of drug-likeness (QED) is 0.0222. The van der Waals surface area contributed by atoms with Crippen molar-refractivity contribution in [1.82, 2.24) is 0 Å². The summed E-state index contributed by atoms with van der Waals surface area (Å²) in [6.07, 6.45) is 39.0. The first kappa shape index (κ1) is 79.1. The van der Waals surface area contributed by atoms with Gasteiger partial charge in [0.05, 0.1) is 26.4 Å². The fraction of sp³-hybridized carbons (Fsp3) is 0.935. The maximum Gasteiger partial charge on any atom is 0.472 e. The van der Waals surface area contributed by atoms with Crippen molar-refractivity contribution in [2.45, 2.75) is 329 Å². The van der Waals surface area contributed by atoms with Crippen LogP contribution in [0.4, 0.5) is 0 Å². The lowest BCUT2D eigenvalue weighted by Crippen LogP contribution is -2.30. The summed E-state index contributed by atoms with van der Waals surface area (Å²) in [6.45, 7) is 7.11. The van der Waals surface area contributed by atoms with Crippen LogP contribution in [0.3, 0.4) is 0 Å². The summed E-state index contributed by atoms with van der Waals surface area (Å²) >= 11 is 0. The van der Waals surface area contributed by atoms with Gasteiger partial charge in [-0.25, -0.2) is 9.13 Å². The van der Waals surface area contributed by atoms with E-state index in [0.29, 0.717) is 25.7 Å². The van der Waals surface area contributed by atoms with Crippen LogP contribution in [-0.4, -0.2) is 96.7 Å². The number of phosphoric acid groups is 2. The minimum absolute atomic E-state index is 0.105. The first-order chi connectivity index (χ1) is 39.0. The molecule has 0 aliphatic rings. The molecule has 0 bridgehead atoms. The van der Waals surface area contributed by atoms with E-state index >= 15 is 0 Å². The van der Waals surface area contributed by atoms with Crippen LogP contribution < -0.4 is 0 Å². The first-order valence-electron chi connectivity index (χ1n) is 32.6. The van der Waals surface area contributed by atoms with Gasteiger partial charge in [0.2, 0.25) is 0 Å². The predicted molar refractivity (Wildman–Crippen MR) is 322 cm³/mol. The molecule has 17 nitrogen and oxygen atoms in total. The van der Waals surface area contributed by atoms with Crippen molar-refractivity contribution in [3.05, 3.63) is 0 Å². The van der Waals surface area contributed by atoms with Crippen molar-refractivity contribution in [3.8, 4) is 0 Å². The summed E-state index contributed by atoms with van der Waals surface area (Å²) in [4.78, 5) is 72.0. The van der Waals surface area contributed by atoms with E-state index in [1.807, 2.05) is 0 Å². The van der Waals surface area contributed by atoms with E-state index in [1.54, 1.807) is 0 Å². The molecule has 0 aromatic heterocycles. The fourth-order valence-electron chi connectivity index (χ4n) is 9.23. The van der Waals surface area contributed by atoms with Crippen molar-refractivity contribution in [1.29, 1.82) is 0 Å². The number of hydrogen-bond donors (Lipinski definition) is 3. The van der Waals surface area contributed by atoms with Gasteiger partial charge >= 0.3 is 39.5 Å². The third-order valence-electron chi connectivity index (χ3n) is 14.3. The Balaban J connectivity index is 5.21. The molecule has 19 heteroatoms. The standard InChI is InChI=1S/C62H120O17P2/c1-6-9-12-15-18-20-21-22-23-27-33-38-43-48-62(67)79-58(52-73-60(65)46-41-36-31-28-24-26-30-34-39-44-55(4)5)54-77-81(70,71)75-50-56(63)49-74-80(68,69)76-53-57(51-72-59(64)45-40-35-29-17-14-11-8-3)78-61(66)47-42-37-32-25-19-16-13-10-7-2/h55-58,63H,6-54H2,1-5H3,(H,68,69)(H,70,71)/t56-,57+,58+/m0/s1. The number of unbranched alkanes of at least 4 members (excludes halogenated alkanes) is 34. The third kappa shape index (κ3) is 56.9. The fourth-order valence-corrected chi connectivity index (χ4v) is 10.8. The van der Waals surface area contributed by atoms with E-state index in [2.05, 4.69) is 34.6 Å². The van der Waals surface area contributed by atoms with Gasteiger partial charge in [-0.2, -0.15) is 0 Å². The molecule has 2 unspecified atom stereocenters. The molecule has 0 aromatic carbocycles. The second-order valence-electron chi connectivity index (χ2n) is 22.9. The average molecular weight is 1200 g/mol. The molecular formula is C62H120O17P2. The minimum Gasteiger partial charge on any atom is -0.462 e. The maximum absolute atomic E-state index is 13.0. The zero-order valence-corrected chi connectivity index (χ0v) is 53.7. The van der Waals surface area contributed by atoms with Gasteiger partial charge in [-0.15, -0.1) is 0 Å². The van der Waals surface area contributed by atoms with Crippen LogP contribution in [0.15, 0.2) is 0 Å². The first-order valence-corrected chi connectivity index (χ1v) is 35.6. The minimum atomic E-state index is -4.94. The van der Waals surface area contributed by atoms with E-state index in [1.165, 1.54) is 122 Å². The molecule has 0 aliphatic carbocycles. The number of phosphoric ester groups is 2. The summed E-state index contributed by atoms with van der Waals surface area (Å²) in [7, 11) is -9.88. The summed E-state index contributed by atoms with van der Waals surface area (Å²) in [5.74, 6) is -1.40. The van der Waals surface area contributed by atoms with Gasteiger partial charge in [0.25, 0.3) is 0 Å². The van der Waals surface area contributed by atoms with Gasteiger partial charge in [0.1, 0.15) is 19.3 Å². The topological polar surface area (TPSA) is 237 Å². The zero-order valence-electron chi connectivity index (χ0n) is 51.9. The molecule has 0 saturated heterocycles. The second kappa shape index (κ2) is 55.9. The lowest BCUT2D eigenvalue weighted by molar-refractivity contribution is -0.161. The second-order valence-corrected chi connectivity index (χ2v) is 25.8. The highest BCUT2D eigenvalue weighted by Gasteiger charge is 2.30. The van der Waals surface area contributed by atoms with Gasteiger partial charge in [-0.3, -0.25) is 37.3 Å². The van der Waals surface area contributed by atoms with Crippen molar-refractivity contribution in [2.75, 3.05) is 39.6 Å². The van der Waals surface area contributed by atoms with Crippen molar-refractivity contribution >= 4 is 39.5 Å². The Morgan fingerprint density at radius 3 is 0.840 bits per heavy atom. The van der Waals surface area contributed by atoms with Crippen molar-refractivity contribution in [3.63, 3.8) is 0 Å². The smallest absolute Gasteiger partial charge is 0.462 e. The number of hydrogen-bond acceptors (Lipinski definition) is 15. The van der Waals surface area contributed by atoms with Crippen LogP contribution in [-0.2, 0) is 65.4 Å². The Hall–Kier alpha value is -1.94. The molecule has 0 heterocycles. The molecule has 81 heavy (non-hydrogen) atoms. The number of carbonyl (C=O) groups is 4. The van der Waals surface area contributed by atoms with Crippen LogP contribution in [0.2, 0.25) is 0 Å². The monoisotopic (exact) mass is 1200 g/mol. The van der Waals surface area contributed by atoms with Crippen LogP contribution in [0.1, 0.15) is 311 Å². The molecule has 3 N–H and O–H groups in total. The largest absolute Gasteiger partial charge is 0.472 e. The van der Waals surface area contributed by atoms with E-state index in [-0.39, 0.29) is 25.7 Å². The third-order valence-corrected chi connectivity index (χ3v) is 16.2. The van der Waals surface area contributed by atoms with Crippen LogP contribution in [0.25, 0.3) is 0 Å². The zero-order chi connectivity index (χ0) is 59.9. The summed E-state index contributed by atoms with van der Waals surface area (Å²) in [5, 5.41) is 10.5. The predicted octanol–water partition coefficient (Wildman–Crippen LogP) is 17.0. The van der Waals surface area contributed by atoms with E-state index in [9.17, 15) is 43.2 Å². The Bertz CT molecular complexity index is 1580. The summed E-state index contributed by atoms with van der Waals surface area (Å²) in [6, 6.07) is 0. The van der Waals surface area contributed by atoms with Crippen LogP contribution in [0, 0.1) is 5.92 Å². The molecule has 0 aliphatic heterocycles. The lowest BCUT2D eigenvalue weighted by Gasteiger charge is -2.21. The Morgan fingerprint density at radius 1 is 0.333 bits per heavy atom. The molecule has 480 valence electrons. The Labute approximate surface area is 492 Å². The number of ether oxygens (including phenoxy) is 4. The number of rotatable bonds is 62. The molecule has 0 radical (unpaired) electrons. The molecule has 0 saturated carbocycles. The molecule has 0 fully saturated rings. The van der Waals surface area contributed by atoms with Gasteiger partial charge < -0.3 is 33.8 Å². The molecule has 0 amide bonds. The summed E-state index contributed by atoms with van der Waals surface area (Å²) in [5.41, 5.74) is 0. The van der Waals surface area contributed by atoms with Gasteiger partial charge in [0.15, 0.2) is 12.2 Å². The molecule has 5 atom stereocenters. The van der Waals surface area contributed by atoms with E-state index in [0.717, 1.165) is 109 Å². The molecular weight excluding hydrogens is 1080 g/mol. The van der Waals surface area contributed by atoms with Crippen LogP contribution in [0.5, 0.6) is 0 Å². The molecule has 0 spiro atoms. The molecule has 0 rings (SSSR count). The lowest BCUT2D eigenvalue weighted by atomic mass is 10.0. The normalized spacial score (nSPS) is 14.3. The average Bonchev–Trinajstić information content (AvgIpc) is 3.43. The number of esters is 4. The summed E-state index contributed by atoms with van der Waals surface area (Å²) < 4.78 is 67.8. The Kier molecular flexibility index (Phi) is 54.6. The highest BCUT2D eigenvalue weighted by atomic mass is 31.2. The SMILES string of the molecule is CCCCCCCCCCCCCCCC(=O)O[C@H](COC(=O)CCCCCCCCCCCC(C)C)COP(=O)(O)OC[C@@H](O)COP(=O)(O)OC[C@@H](COC(=O)CCCCCCCCC)OC(=O)CCCCCCCCCCC. The number of aliphatic hydroxyl groups excluding tert-OH is 1. The highest BCUT2D eigenvalue weighted by molar-refractivity contribution is 7.47. The van der Waals surface area contributed by atoms with Gasteiger partial charge in [0, 0.05) is 25.7 Å². The van der Waals surface area contributed by atoms with E-state index in [4.69, 9.17) is 37.0 Å². The maximum atomic E-state index is 13.0. The van der Waals surface area contributed by atoms with Gasteiger partial charge in [-0.1, -0.05) is 259 Å². The van der Waals surface area contributed by atoms with Crippen LogP contribution >= 0.6 is 15.6 Å². The Morgan fingerprint density at radius 2 is 0.568 bits per heavy atom. The number of carbonyl (C=O) groups excluding carboxylic acids is 4. The molecule has 0 aromatic rings. The van der Waals surface area contributed by atoms with Crippen molar-refractivity contribution in [2.24, 2.45) is 5.92 Å². The van der Waals surface area contributed by atoms with Gasteiger partial charge in [-0.05, 0) is 31.6 Å². The highest BCUT2D eigenvalue weighted by Crippen LogP contribution is 2.45. The number of aliphatic hydroxyl groups is 1. The van der Waals surface area contributed by atoms with E-state index < -0.39 is 97.5 Å².